The SMILES string of the molecule is CCCO[C@]1(C)C[C@@H](C)CN(C)C([C@@H](CCC)OCc2ccccc2)COC(=O)[C@](C)(CCNC)C(=O)[C@H](C)[C@H]1O[C@@H]1O[C@H](C)C[C@H](N(C)C)[C@H]1O. The number of nitrogens with zero attached hydrogens (tertiary/aromatic N) is 2. The molecule has 2 fully saturated rings. The summed E-state index contributed by atoms with van der Waals surface area (Å²) in [6.07, 6.45) is 0.718. The number of hydrogen-bond donors (Lipinski definition) is 2. The number of likely N-dealkylation sites (N-methyl/N-ethyl adjacent to an activating group) is 2. The molecule has 2 heterocycles. The molecule has 11 heteroatoms. The zero-order valence-electron chi connectivity index (χ0n) is 34.1. The first-order chi connectivity index (χ1) is 24.6. The molecule has 0 aromatic heterocycles. The fraction of sp³-hybridized carbons (Fsp3) is 0.805. The van der Waals surface area contributed by atoms with Gasteiger partial charge in [0.25, 0.3) is 0 Å². The van der Waals surface area contributed by atoms with Crippen molar-refractivity contribution in [3.8, 4) is 0 Å². The number of rotatable bonds is 15. The second kappa shape index (κ2) is 20.6. The molecule has 2 saturated heterocycles. The van der Waals surface area contributed by atoms with E-state index in [9.17, 15) is 14.7 Å². The topological polar surface area (TPSA) is 119 Å². The number of hydrogen-bond acceptors (Lipinski definition) is 11. The van der Waals surface area contributed by atoms with Crippen LogP contribution in [0.15, 0.2) is 30.3 Å². The van der Waals surface area contributed by atoms with Crippen molar-refractivity contribution in [3.63, 3.8) is 0 Å². The molecule has 2 N–H and O–H groups in total. The van der Waals surface area contributed by atoms with Gasteiger partial charge in [0.1, 0.15) is 18.1 Å². The van der Waals surface area contributed by atoms with Crippen LogP contribution in [-0.2, 0) is 39.9 Å². The van der Waals surface area contributed by atoms with E-state index in [0.29, 0.717) is 39.1 Å². The van der Waals surface area contributed by atoms with E-state index in [-0.39, 0.29) is 49.0 Å². The van der Waals surface area contributed by atoms with E-state index in [1.807, 2.05) is 70.1 Å². The lowest BCUT2D eigenvalue weighted by Crippen LogP contribution is -2.60. The molecular weight excluding hydrogens is 662 g/mol. The molecule has 298 valence electrons. The van der Waals surface area contributed by atoms with Crippen molar-refractivity contribution in [2.24, 2.45) is 17.3 Å². The van der Waals surface area contributed by atoms with Crippen LogP contribution in [0.4, 0.5) is 0 Å². The van der Waals surface area contributed by atoms with Crippen molar-refractivity contribution in [2.45, 2.75) is 142 Å². The number of carbonyl (C=O) groups excluding carboxylic acids is 2. The minimum atomic E-state index is -1.48. The van der Waals surface area contributed by atoms with Crippen LogP contribution >= 0.6 is 0 Å². The van der Waals surface area contributed by atoms with E-state index < -0.39 is 41.4 Å². The number of carbonyl (C=O) groups is 2. The van der Waals surface area contributed by atoms with Crippen LogP contribution in [0, 0.1) is 17.3 Å². The smallest absolute Gasteiger partial charge is 0.319 e. The maximum absolute atomic E-state index is 14.9. The average Bonchev–Trinajstić information content (AvgIpc) is 3.11. The third-order valence-corrected chi connectivity index (χ3v) is 11.1. The normalized spacial score (nSPS) is 35.0. The van der Waals surface area contributed by atoms with Gasteiger partial charge in [-0.05, 0) is 99.1 Å². The lowest BCUT2D eigenvalue weighted by Gasteiger charge is -2.47. The molecule has 1 aromatic rings. The Kier molecular flexibility index (Phi) is 17.6. The fourth-order valence-corrected chi connectivity index (χ4v) is 8.19. The highest BCUT2D eigenvalue weighted by atomic mass is 16.7. The van der Waals surface area contributed by atoms with E-state index in [1.54, 1.807) is 14.0 Å². The molecule has 3 rings (SSSR count). The third kappa shape index (κ3) is 11.5. The number of ether oxygens (including phenoxy) is 5. The maximum atomic E-state index is 14.9. The van der Waals surface area contributed by atoms with E-state index in [4.69, 9.17) is 23.7 Å². The van der Waals surface area contributed by atoms with Crippen LogP contribution in [0.3, 0.4) is 0 Å². The fourth-order valence-electron chi connectivity index (χ4n) is 8.19. The van der Waals surface area contributed by atoms with Gasteiger partial charge in [0.2, 0.25) is 0 Å². The van der Waals surface area contributed by atoms with Gasteiger partial charge in [-0.15, -0.1) is 0 Å². The van der Waals surface area contributed by atoms with Gasteiger partial charge in [-0.2, -0.15) is 0 Å². The van der Waals surface area contributed by atoms with Gasteiger partial charge in [0.05, 0.1) is 36.6 Å². The number of esters is 1. The first kappa shape index (κ1) is 44.4. The highest BCUT2D eigenvalue weighted by Gasteiger charge is 2.53. The summed E-state index contributed by atoms with van der Waals surface area (Å²) in [7, 11) is 7.74. The van der Waals surface area contributed by atoms with Crippen molar-refractivity contribution in [2.75, 3.05) is 54.5 Å². The molecule has 0 aliphatic carbocycles. The van der Waals surface area contributed by atoms with Gasteiger partial charge in [-0.1, -0.05) is 64.4 Å². The van der Waals surface area contributed by atoms with Crippen LogP contribution in [-0.4, -0.2) is 130 Å². The molecule has 0 spiro atoms. The summed E-state index contributed by atoms with van der Waals surface area (Å²) in [5.74, 6) is -1.56. The third-order valence-electron chi connectivity index (χ3n) is 11.1. The molecule has 11 atom stereocenters. The van der Waals surface area contributed by atoms with Crippen molar-refractivity contribution < 1.29 is 38.4 Å². The molecule has 52 heavy (non-hydrogen) atoms. The Morgan fingerprint density at radius 1 is 1.10 bits per heavy atom. The standard InChI is InChI=1S/C41H71N3O8/c1-12-17-34(48-26-31-18-15-14-16-19-31)33-27-49-39(47)40(6,20-21-42-8)36(46)30(5)37(41(7,50-22-13-2)24-28(3)25-44(33)11)52-38-35(45)32(43(9)10)23-29(4)51-38/h14-16,18-19,28-30,32-35,37-38,42,45H,12-13,17,20-27H2,1-11H3/t28-,29-,30+,32+,33?,34-,35-,37-,38+,40-,41-/m1/s1. The summed E-state index contributed by atoms with van der Waals surface area (Å²) in [4.78, 5) is 33.5. The molecule has 0 bridgehead atoms. The van der Waals surface area contributed by atoms with Crippen LogP contribution in [0.5, 0.6) is 0 Å². The second-order valence-corrected chi connectivity index (χ2v) is 16.2. The van der Waals surface area contributed by atoms with Crippen molar-refractivity contribution >= 4 is 11.8 Å². The summed E-state index contributed by atoms with van der Waals surface area (Å²) in [5.41, 5.74) is -1.37. The summed E-state index contributed by atoms with van der Waals surface area (Å²) in [6, 6.07) is 9.65. The van der Waals surface area contributed by atoms with E-state index in [1.165, 1.54) is 0 Å². The summed E-state index contributed by atoms with van der Waals surface area (Å²) < 4.78 is 32.7. The minimum Gasteiger partial charge on any atom is -0.463 e. The maximum Gasteiger partial charge on any atom is 0.319 e. The molecule has 1 unspecified atom stereocenters. The van der Waals surface area contributed by atoms with Gasteiger partial charge in [0.15, 0.2) is 12.1 Å². The van der Waals surface area contributed by atoms with Gasteiger partial charge < -0.3 is 39.0 Å². The molecular formula is C41H71N3O8. The highest BCUT2D eigenvalue weighted by molar-refractivity contribution is 6.04. The molecule has 0 amide bonds. The Balaban J connectivity index is 2.11. The van der Waals surface area contributed by atoms with E-state index in [2.05, 4.69) is 38.0 Å². The van der Waals surface area contributed by atoms with Gasteiger partial charge in [-0.25, -0.2) is 0 Å². The highest BCUT2D eigenvalue weighted by Crippen LogP contribution is 2.40. The Labute approximate surface area is 314 Å². The van der Waals surface area contributed by atoms with Gasteiger partial charge in [0, 0.05) is 25.1 Å². The number of aliphatic hydroxyl groups excluding tert-OH is 1. The predicted octanol–water partition coefficient (Wildman–Crippen LogP) is 5.07. The zero-order chi connectivity index (χ0) is 38.6. The molecule has 11 nitrogen and oxygen atoms in total. The van der Waals surface area contributed by atoms with E-state index in [0.717, 1.165) is 24.8 Å². The largest absolute Gasteiger partial charge is 0.463 e. The average molecular weight is 734 g/mol. The number of cyclic esters (lactones) is 1. The minimum absolute atomic E-state index is 0.0805. The van der Waals surface area contributed by atoms with Crippen LogP contribution in [0.1, 0.15) is 92.6 Å². The number of benzene rings is 1. The molecule has 0 radical (unpaired) electrons. The quantitative estimate of drug-likeness (QED) is 0.186. The molecule has 1 aromatic carbocycles. The van der Waals surface area contributed by atoms with Gasteiger partial charge in [-0.3, -0.25) is 14.5 Å². The summed E-state index contributed by atoms with van der Waals surface area (Å²) in [6.45, 7) is 16.0. The Hall–Kier alpha value is -1.96. The number of nitrogens with one attached hydrogen (secondary N) is 1. The van der Waals surface area contributed by atoms with Crippen LogP contribution in [0.2, 0.25) is 0 Å². The zero-order valence-corrected chi connectivity index (χ0v) is 34.1. The number of aliphatic hydroxyl groups is 1. The molecule has 0 saturated carbocycles. The van der Waals surface area contributed by atoms with Crippen LogP contribution in [0.25, 0.3) is 0 Å². The first-order valence-corrected chi connectivity index (χ1v) is 19.6. The first-order valence-electron chi connectivity index (χ1n) is 19.6. The summed E-state index contributed by atoms with van der Waals surface area (Å²) in [5, 5.41) is 14.7. The molecule has 2 aliphatic heterocycles. The van der Waals surface area contributed by atoms with Crippen molar-refractivity contribution in [1.82, 2.24) is 15.1 Å². The lowest BCUT2D eigenvalue weighted by molar-refractivity contribution is -0.298. The summed E-state index contributed by atoms with van der Waals surface area (Å²) >= 11 is 0. The number of ketones is 1. The van der Waals surface area contributed by atoms with E-state index >= 15 is 0 Å². The molecule has 2 aliphatic rings. The monoisotopic (exact) mass is 734 g/mol. The Bertz CT molecular complexity index is 1220. The van der Waals surface area contributed by atoms with Gasteiger partial charge >= 0.3 is 5.97 Å². The second-order valence-electron chi connectivity index (χ2n) is 16.2. The van der Waals surface area contributed by atoms with Crippen molar-refractivity contribution in [3.05, 3.63) is 35.9 Å². The Morgan fingerprint density at radius 2 is 1.79 bits per heavy atom. The number of Topliss-reactive ketones (excluding diaryl/α,β-unsaturated/α-hetero) is 1. The predicted molar refractivity (Wildman–Crippen MR) is 204 cm³/mol. The Morgan fingerprint density at radius 3 is 2.40 bits per heavy atom. The lowest BCUT2D eigenvalue weighted by atomic mass is 9.72. The van der Waals surface area contributed by atoms with Crippen LogP contribution < -0.4 is 5.32 Å². The van der Waals surface area contributed by atoms with Crippen molar-refractivity contribution in [1.29, 1.82) is 0 Å².